The van der Waals surface area contributed by atoms with Gasteiger partial charge in [-0.15, -0.1) is 0 Å². The molecule has 0 spiro atoms. The highest BCUT2D eigenvalue weighted by molar-refractivity contribution is 8.04. The number of carbonyl (C=O) groups is 2. The van der Waals surface area contributed by atoms with E-state index in [-0.39, 0.29) is 30.2 Å². The number of rotatable bonds is 14. The Morgan fingerprint density at radius 2 is 1.75 bits per heavy atom. The van der Waals surface area contributed by atoms with Gasteiger partial charge in [-0.25, -0.2) is 13.2 Å². The molecule has 4 N–H and O–H groups in total. The van der Waals surface area contributed by atoms with Crippen molar-refractivity contribution in [2.75, 3.05) is 28.8 Å². The van der Waals surface area contributed by atoms with Crippen LogP contribution in [0.1, 0.15) is 18.4 Å². The lowest BCUT2D eigenvalue weighted by Crippen LogP contribution is -2.42. The Morgan fingerprint density at radius 3 is 2.44 bits per heavy atom. The second kappa shape index (κ2) is 15.0. The number of benzene rings is 4. The number of anilines is 2. The number of carboxylic acid groups (broad SMARTS) is 2. The molecule has 0 aliphatic carbocycles. The fourth-order valence-electron chi connectivity index (χ4n) is 5.84. The van der Waals surface area contributed by atoms with Crippen molar-refractivity contribution in [2.45, 2.75) is 35.7 Å². The number of aryl methyl sites for hydroxylation is 1. The van der Waals surface area contributed by atoms with Gasteiger partial charge in [-0.2, -0.15) is 17.7 Å². The predicted octanol–water partition coefficient (Wildman–Crippen LogP) is 5.48. The smallest absolute Gasteiger partial charge is 0.326 e. The van der Waals surface area contributed by atoms with E-state index in [9.17, 15) is 41.2 Å². The normalized spacial score (nSPS) is 14.6. The molecule has 1 atom stereocenters. The average Bonchev–Trinajstić information content (AvgIpc) is 3.62. The quantitative estimate of drug-likeness (QED) is 0.0820. The molecule has 272 valence electrons. The van der Waals surface area contributed by atoms with Crippen LogP contribution >= 0.6 is 34.7 Å². The Morgan fingerprint density at radius 1 is 1.02 bits per heavy atom. The molecule has 6 rings (SSSR count). The molecular weight excluding hydrogens is 772 g/mol. The number of thioether (sulfide) groups is 1. The fourth-order valence-corrected chi connectivity index (χ4v) is 9.75. The van der Waals surface area contributed by atoms with Crippen molar-refractivity contribution in [1.29, 1.82) is 0 Å². The number of hydrogen-bond acceptors (Lipinski definition) is 10. The van der Waals surface area contributed by atoms with Gasteiger partial charge in [0.1, 0.15) is 17.3 Å². The molecule has 1 aliphatic rings. The van der Waals surface area contributed by atoms with Crippen LogP contribution in [0, 0.1) is 0 Å². The molecule has 1 aliphatic heterocycles. The van der Waals surface area contributed by atoms with Crippen molar-refractivity contribution in [3.8, 4) is 0 Å². The standard InChI is InChI=1S/C34H31ClN4O9S4/c1-21(34(42)43)38(19-32(40)41)24-9-11-25(12-10-24)52(47,48)36-20-39-27-17-23(35)8-14-28(27)49-31(39)18-30-37(15-4-16-51(44,45)46)33-26-6-3-2-5-22(26)7-13-29(33)50-30/h2-3,5-14,17-18,21,36H,4,15-16,19-20H2,1H3,(H2-,40,41,42,43,44,45,46)/p+1. The Bertz CT molecular complexity index is 2450. The van der Waals surface area contributed by atoms with Crippen LogP contribution in [0.25, 0.3) is 27.1 Å². The van der Waals surface area contributed by atoms with E-state index in [1.165, 1.54) is 54.3 Å². The zero-order valence-electron chi connectivity index (χ0n) is 27.3. The molecule has 13 nitrogen and oxygen atoms in total. The van der Waals surface area contributed by atoms with Crippen LogP contribution in [0.15, 0.2) is 93.7 Å². The fraction of sp³-hybridized carbons (Fsp3) is 0.206. The number of hydrogen-bond donors (Lipinski definition) is 4. The second-order valence-electron chi connectivity index (χ2n) is 11.8. The Balaban J connectivity index is 1.34. The summed E-state index contributed by atoms with van der Waals surface area (Å²) >= 11 is 9.28. The molecule has 1 unspecified atom stereocenters. The van der Waals surface area contributed by atoms with E-state index in [0.29, 0.717) is 15.7 Å². The van der Waals surface area contributed by atoms with Crippen LogP contribution in [0.2, 0.25) is 5.02 Å². The van der Waals surface area contributed by atoms with Gasteiger partial charge in [-0.05, 0) is 66.9 Å². The summed E-state index contributed by atoms with van der Waals surface area (Å²) in [5, 5.41) is 22.6. The summed E-state index contributed by atoms with van der Waals surface area (Å²) in [4.78, 5) is 26.6. The molecule has 18 heteroatoms. The van der Waals surface area contributed by atoms with Crippen LogP contribution in [0.5, 0.6) is 0 Å². The van der Waals surface area contributed by atoms with E-state index in [0.717, 1.165) is 35.8 Å². The lowest BCUT2D eigenvalue weighted by molar-refractivity contribution is -0.667. The van der Waals surface area contributed by atoms with E-state index in [4.69, 9.17) is 11.6 Å². The van der Waals surface area contributed by atoms with Crippen LogP contribution in [-0.4, -0.2) is 68.5 Å². The van der Waals surface area contributed by atoms with Crippen LogP contribution in [-0.2, 0) is 36.3 Å². The predicted molar refractivity (Wildman–Crippen MR) is 202 cm³/mol. The number of thiazole rings is 1. The minimum absolute atomic E-state index is 0.119. The van der Waals surface area contributed by atoms with E-state index in [1.807, 2.05) is 53.1 Å². The van der Waals surface area contributed by atoms with Crippen molar-refractivity contribution in [1.82, 2.24) is 4.72 Å². The maximum absolute atomic E-state index is 13.6. The molecule has 0 bridgehead atoms. The first-order chi connectivity index (χ1) is 24.6. The van der Waals surface area contributed by atoms with Gasteiger partial charge in [0.25, 0.3) is 15.1 Å². The maximum Gasteiger partial charge on any atom is 0.326 e. The topological polar surface area (TPSA) is 185 Å². The molecule has 0 radical (unpaired) electrons. The van der Waals surface area contributed by atoms with E-state index < -0.39 is 50.4 Å². The van der Waals surface area contributed by atoms with Crippen LogP contribution < -0.4 is 19.1 Å². The summed E-state index contributed by atoms with van der Waals surface area (Å²) in [7, 11) is -8.32. The summed E-state index contributed by atoms with van der Waals surface area (Å²) in [5.74, 6) is -2.89. The average molecular weight is 804 g/mol. The van der Waals surface area contributed by atoms with Gasteiger partial charge < -0.3 is 20.0 Å². The monoisotopic (exact) mass is 803 g/mol. The Kier molecular flexibility index (Phi) is 10.8. The highest BCUT2D eigenvalue weighted by atomic mass is 35.5. The van der Waals surface area contributed by atoms with Gasteiger partial charge in [0.15, 0.2) is 6.54 Å². The first-order valence-electron chi connectivity index (χ1n) is 15.7. The summed E-state index contributed by atoms with van der Waals surface area (Å²) in [6.07, 6.45) is 2.07. The summed E-state index contributed by atoms with van der Waals surface area (Å²) in [6, 6.07) is 21.2. The number of sulfonamides is 1. The van der Waals surface area contributed by atoms with E-state index in [2.05, 4.69) is 4.72 Å². The number of halogens is 1. The number of aliphatic carboxylic acids is 2. The number of fused-ring (bicyclic) bond motifs is 4. The summed E-state index contributed by atoms with van der Waals surface area (Å²) in [6.45, 7) is 0.822. The van der Waals surface area contributed by atoms with Gasteiger partial charge in [0.2, 0.25) is 15.5 Å². The van der Waals surface area contributed by atoms with Crippen LogP contribution in [0.3, 0.4) is 0 Å². The highest BCUT2D eigenvalue weighted by Gasteiger charge is 2.31. The Hall–Kier alpha value is -4.23. The molecule has 0 amide bonds. The van der Waals surface area contributed by atoms with Crippen molar-refractivity contribution in [3.63, 3.8) is 0 Å². The molecule has 2 heterocycles. The van der Waals surface area contributed by atoms with E-state index in [1.54, 1.807) is 17.0 Å². The molecule has 1 aromatic heterocycles. The van der Waals surface area contributed by atoms with Gasteiger partial charge in [0.05, 0.1) is 39.5 Å². The second-order valence-corrected chi connectivity index (χ2v) is 17.7. The van der Waals surface area contributed by atoms with Gasteiger partial charge in [-0.3, -0.25) is 9.35 Å². The van der Waals surface area contributed by atoms with Crippen molar-refractivity contribution < 1.29 is 45.8 Å². The molecule has 0 fully saturated rings. The summed E-state index contributed by atoms with van der Waals surface area (Å²) in [5.41, 5.74) is 1.80. The first-order valence-corrected chi connectivity index (χ1v) is 20.8. The largest absolute Gasteiger partial charge is 0.480 e. The van der Waals surface area contributed by atoms with Gasteiger partial charge in [0, 0.05) is 22.0 Å². The van der Waals surface area contributed by atoms with Crippen molar-refractivity contribution in [2.24, 2.45) is 0 Å². The number of carboxylic acids is 2. The third-order valence-electron chi connectivity index (χ3n) is 8.36. The zero-order chi connectivity index (χ0) is 37.4. The number of aromatic nitrogens is 1. The molecule has 5 aromatic rings. The van der Waals surface area contributed by atoms with Gasteiger partial charge in [-0.1, -0.05) is 59.0 Å². The third kappa shape index (κ3) is 8.20. The first kappa shape index (κ1) is 37.5. The Labute approximate surface area is 312 Å². The highest BCUT2D eigenvalue weighted by Crippen LogP contribution is 2.47. The van der Waals surface area contributed by atoms with Gasteiger partial charge >= 0.3 is 11.9 Å². The minimum Gasteiger partial charge on any atom is -0.480 e. The lowest BCUT2D eigenvalue weighted by atomic mass is 10.1. The SMILES string of the molecule is CC(C(=O)O)N(CC(=O)O)c1ccc(S(=O)(=O)NCN2C(=Cc3sc4ccc5ccccc5c4[n+]3CCCS(=O)(=O)O)Sc3ccc(Cl)cc32)cc1. The number of nitrogens with one attached hydrogen (secondary N) is 1. The molecular formula is C34H32ClN4O9S4+. The molecule has 0 saturated carbocycles. The van der Waals surface area contributed by atoms with Crippen molar-refractivity contribution in [3.05, 3.63) is 93.9 Å². The zero-order valence-corrected chi connectivity index (χ0v) is 31.4. The van der Waals surface area contributed by atoms with E-state index >= 15 is 0 Å². The number of nitrogens with zero attached hydrogens (tertiary/aromatic N) is 3. The molecule has 52 heavy (non-hydrogen) atoms. The summed E-state index contributed by atoms with van der Waals surface area (Å²) < 4.78 is 65.4. The minimum atomic E-state index is -4.19. The maximum atomic E-state index is 13.6. The van der Waals surface area contributed by atoms with Crippen LogP contribution in [0.4, 0.5) is 11.4 Å². The van der Waals surface area contributed by atoms with Crippen molar-refractivity contribution >= 4 is 105 Å². The lowest BCUT2D eigenvalue weighted by Gasteiger charge is -2.27. The molecule has 4 aromatic carbocycles. The third-order valence-corrected chi connectivity index (χ3v) is 13.0. The molecule has 0 saturated heterocycles.